The molecule has 6 heteroatoms. The highest BCUT2D eigenvalue weighted by Gasteiger charge is 2.23. The molecule has 2 aromatic heterocycles. The van der Waals surface area contributed by atoms with Crippen molar-refractivity contribution in [2.75, 3.05) is 13.1 Å². The number of piperidine rings is 1. The highest BCUT2D eigenvalue weighted by molar-refractivity contribution is 7.10. The van der Waals surface area contributed by atoms with Crippen LogP contribution in [0.5, 0.6) is 6.01 Å². The van der Waals surface area contributed by atoms with Crippen LogP contribution in [0.1, 0.15) is 17.7 Å². The lowest BCUT2D eigenvalue weighted by Crippen LogP contribution is -2.41. The van der Waals surface area contributed by atoms with E-state index in [1.165, 1.54) is 0 Å². The molecular weight excluding hydrogens is 298 g/mol. The van der Waals surface area contributed by atoms with Gasteiger partial charge in [0.2, 0.25) is 5.91 Å². The van der Waals surface area contributed by atoms with Gasteiger partial charge in [-0.2, -0.15) is 0 Å². The Morgan fingerprint density at radius 3 is 2.73 bits per heavy atom. The van der Waals surface area contributed by atoms with E-state index in [0.717, 1.165) is 17.7 Å². The molecule has 0 aliphatic carbocycles. The molecule has 1 aliphatic rings. The van der Waals surface area contributed by atoms with Crippen LogP contribution < -0.4 is 4.74 Å². The van der Waals surface area contributed by atoms with Crippen molar-refractivity contribution in [3.05, 3.63) is 46.9 Å². The van der Waals surface area contributed by atoms with Gasteiger partial charge in [0.05, 0.1) is 0 Å². The highest BCUT2D eigenvalue weighted by Crippen LogP contribution is 2.16. The number of aromatic nitrogens is 2. The van der Waals surface area contributed by atoms with Gasteiger partial charge in [0.1, 0.15) is 6.10 Å². The molecule has 1 saturated heterocycles. The molecule has 114 valence electrons. The molecule has 0 N–H and O–H groups in total. The Kier molecular flexibility index (Phi) is 4.80. The second-order valence-corrected chi connectivity index (χ2v) is 6.00. The zero-order valence-corrected chi connectivity index (χ0v) is 12.9. The van der Waals surface area contributed by atoms with Gasteiger partial charge < -0.3 is 9.64 Å². The van der Waals surface area contributed by atoms with Crippen LogP contribution in [0.25, 0.3) is 6.08 Å². The molecule has 2 aromatic rings. The zero-order valence-electron chi connectivity index (χ0n) is 12.1. The van der Waals surface area contributed by atoms with E-state index >= 15 is 0 Å². The Balaban J connectivity index is 1.48. The Labute approximate surface area is 133 Å². The topological polar surface area (TPSA) is 55.3 Å². The first kappa shape index (κ1) is 14.7. The number of hydrogen-bond donors (Lipinski definition) is 0. The van der Waals surface area contributed by atoms with Crippen molar-refractivity contribution in [3.63, 3.8) is 0 Å². The fourth-order valence-corrected chi connectivity index (χ4v) is 2.95. The smallest absolute Gasteiger partial charge is 0.316 e. The summed E-state index contributed by atoms with van der Waals surface area (Å²) < 4.78 is 5.73. The van der Waals surface area contributed by atoms with Crippen LogP contribution in [-0.4, -0.2) is 40.0 Å². The number of thiophene rings is 1. The summed E-state index contributed by atoms with van der Waals surface area (Å²) in [6, 6.07) is 6.14. The first-order chi connectivity index (χ1) is 10.8. The van der Waals surface area contributed by atoms with Gasteiger partial charge in [-0.3, -0.25) is 4.79 Å². The molecular formula is C16H17N3O2S. The van der Waals surface area contributed by atoms with Crippen molar-refractivity contribution in [3.8, 4) is 6.01 Å². The predicted molar refractivity (Wildman–Crippen MR) is 85.6 cm³/mol. The number of amides is 1. The van der Waals surface area contributed by atoms with Crippen molar-refractivity contribution in [2.45, 2.75) is 18.9 Å². The molecule has 5 nitrogen and oxygen atoms in total. The van der Waals surface area contributed by atoms with Crippen molar-refractivity contribution in [1.82, 2.24) is 14.9 Å². The van der Waals surface area contributed by atoms with E-state index in [1.807, 2.05) is 28.5 Å². The number of ether oxygens (including phenoxy) is 1. The molecule has 0 saturated carbocycles. The minimum absolute atomic E-state index is 0.0582. The van der Waals surface area contributed by atoms with E-state index in [2.05, 4.69) is 9.97 Å². The molecule has 0 aromatic carbocycles. The maximum atomic E-state index is 12.1. The van der Waals surface area contributed by atoms with E-state index in [9.17, 15) is 4.79 Å². The van der Waals surface area contributed by atoms with Gasteiger partial charge in [-0.1, -0.05) is 6.07 Å². The second kappa shape index (κ2) is 7.17. The lowest BCUT2D eigenvalue weighted by atomic mass is 10.1. The molecule has 1 aliphatic heterocycles. The fourth-order valence-electron chi connectivity index (χ4n) is 2.33. The van der Waals surface area contributed by atoms with Gasteiger partial charge in [0.15, 0.2) is 0 Å². The lowest BCUT2D eigenvalue weighted by Gasteiger charge is -2.30. The lowest BCUT2D eigenvalue weighted by molar-refractivity contribution is -0.127. The van der Waals surface area contributed by atoms with Crippen molar-refractivity contribution < 1.29 is 9.53 Å². The fraction of sp³-hybridized carbons (Fsp3) is 0.312. The summed E-state index contributed by atoms with van der Waals surface area (Å²) in [7, 11) is 0. The Morgan fingerprint density at radius 2 is 2.05 bits per heavy atom. The molecule has 0 atom stereocenters. The summed E-state index contributed by atoms with van der Waals surface area (Å²) >= 11 is 1.62. The molecule has 0 spiro atoms. The highest BCUT2D eigenvalue weighted by atomic mass is 32.1. The van der Waals surface area contributed by atoms with Crippen LogP contribution in [0, 0.1) is 0 Å². The normalized spacial score (nSPS) is 16.1. The van der Waals surface area contributed by atoms with Crippen LogP contribution in [0.15, 0.2) is 42.0 Å². The first-order valence-electron chi connectivity index (χ1n) is 7.25. The number of rotatable bonds is 4. The summed E-state index contributed by atoms with van der Waals surface area (Å²) in [4.78, 5) is 23.2. The number of carbonyl (C=O) groups excluding carboxylic acids is 1. The van der Waals surface area contributed by atoms with Gasteiger partial charge in [0, 0.05) is 49.3 Å². The average Bonchev–Trinajstić information content (AvgIpc) is 3.08. The van der Waals surface area contributed by atoms with Crippen LogP contribution >= 0.6 is 11.3 Å². The number of carbonyl (C=O) groups is 1. The van der Waals surface area contributed by atoms with Crippen LogP contribution in [0.3, 0.4) is 0 Å². The van der Waals surface area contributed by atoms with Crippen LogP contribution in [0.2, 0.25) is 0 Å². The van der Waals surface area contributed by atoms with Gasteiger partial charge in [-0.05, 0) is 23.6 Å². The SMILES string of the molecule is O=C(/C=C/c1cccs1)N1CCC(Oc2ncccn2)CC1. The Morgan fingerprint density at radius 1 is 1.27 bits per heavy atom. The van der Waals surface area contributed by atoms with Crippen LogP contribution in [0.4, 0.5) is 0 Å². The summed E-state index contributed by atoms with van der Waals surface area (Å²) in [5, 5.41) is 2.00. The maximum Gasteiger partial charge on any atom is 0.316 e. The third-order valence-electron chi connectivity index (χ3n) is 3.50. The third kappa shape index (κ3) is 3.92. The van der Waals surface area contributed by atoms with Crippen LogP contribution in [-0.2, 0) is 4.79 Å². The quantitative estimate of drug-likeness (QED) is 0.814. The molecule has 1 amide bonds. The summed E-state index contributed by atoms with van der Waals surface area (Å²) in [5.74, 6) is 0.0582. The van der Waals surface area contributed by atoms with Crippen molar-refractivity contribution in [1.29, 1.82) is 0 Å². The number of hydrogen-bond acceptors (Lipinski definition) is 5. The molecule has 3 heterocycles. The van der Waals surface area contributed by atoms with Gasteiger partial charge >= 0.3 is 6.01 Å². The summed E-state index contributed by atoms with van der Waals surface area (Å²) in [6.07, 6.45) is 8.52. The molecule has 1 fully saturated rings. The molecule has 0 unspecified atom stereocenters. The van der Waals surface area contributed by atoms with E-state index in [0.29, 0.717) is 19.1 Å². The molecule has 0 bridgehead atoms. The maximum absolute atomic E-state index is 12.1. The van der Waals surface area contributed by atoms with Gasteiger partial charge in [-0.25, -0.2) is 9.97 Å². The molecule has 0 radical (unpaired) electrons. The van der Waals surface area contributed by atoms with Crippen molar-refractivity contribution >= 4 is 23.3 Å². The predicted octanol–water partition coefficient (Wildman–Crippen LogP) is 2.62. The average molecular weight is 315 g/mol. The van der Waals surface area contributed by atoms with E-state index in [-0.39, 0.29) is 12.0 Å². The minimum atomic E-state index is 0.0582. The standard InChI is InChI=1S/C16H17N3O2S/c20-15(5-4-14-3-1-12-22-14)19-10-6-13(7-11-19)21-16-17-8-2-9-18-16/h1-5,8-9,12-13H,6-7,10-11H2/b5-4+. The molecule has 3 rings (SSSR count). The van der Waals surface area contributed by atoms with E-state index in [4.69, 9.17) is 4.74 Å². The van der Waals surface area contributed by atoms with Gasteiger partial charge in [0.25, 0.3) is 0 Å². The minimum Gasteiger partial charge on any atom is -0.460 e. The van der Waals surface area contributed by atoms with Crippen molar-refractivity contribution in [2.24, 2.45) is 0 Å². The summed E-state index contributed by atoms with van der Waals surface area (Å²) in [6.45, 7) is 1.40. The Bertz CT molecular complexity index is 620. The third-order valence-corrected chi connectivity index (χ3v) is 4.34. The van der Waals surface area contributed by atoms with E-state index in [1.54, 1.807) is 35.9 Å². The van der Waals surface area contributed by atoms with E-state index < -0.39 is 0 Å². The molecule has 22 heavy (non-hydrogen) atoms. The number of likely N-dealkylation sites (tertiary alicyclic amines) is 1. The van der Waals surface area contributed by atoms with Gasteiger partial charge in [-0.15, -0.1) is 11.3 Å². The largest absolute Gasteiger partial charge is 0.460 e. The Hall–Kier alpha value is -2.21. The second-order valence-electron chi connectivity index (χ2n) is 5.02. The first-order valence-corrected chi connectivity index (χ1v) is 8.13. The monoisotopic (exact) mass is 315 g/mol. The number of nitrogens with zero attached hydrogens (tertiary/aromatic N) is 3. The zero-order chi connectivity index (χ0) is 15.2. The summed E-state index contributed by atoms with van der Waals surface area (Å²) in [5.41, 5.74) is 0.